The third kappa shape index (κ3) is 44.0. The maximum Gasteiger partial charge on any atom is 0.472 e. The van der Waals surface area contributed by atoms with Crippen LogP contribution >= 0.6 is 7.82 Å². The minimum absolute atomic E-state index is 0.0432. The minimum Gasteiger partial charge on any atom is -0.457 e. The molecule has 0 spiro atoms. The number of unbranched alkanes of at least 4 members (excludes halogenated alkanes) is 23. The summed E-state index contributed by atoms with van der Waals surface area (Å²) in [5.74, 6) is -0.387. The van der Waals surface area contributed by atoms with Gasteiger partial charge in [0.25, 0.3) is 0 Å². The number of ether oxygens (including phenoxy) is 2. The topological polar surface area (TPSA) is 132 Å². The number of carbonyl (C=O) groups excluding carboxylic acids is 1. The normalized spacial score (nSPS) is 14.4. The lowest BCUT2D eigenvalue weighted by Crippen LogP contribution is -2.29. The van der Waals surface area contributed by atoms with Crippen molar-refractivity contribution < 1.29 is 43.0 Å². The number of esters is 1. The zero-order valence-electron chi connectivity index (χ0n) is 37.3. The molecule has 0 aromatic heterocycles. The van der Waals surface area contributed by atoms with Crippen LogP contribution in [0, 0.1) is 0 Å². The molecule has 58 heavy (non-hydrogen) atoms. The van der Waals surface area contributed by atoms with Crippen molar-refractivity contribution in [2.24, 2.45) is 0 Å². The van der Waals surface area contributed by atoms with Gasteiger partial charge in [0.15, 0.2) is 0 Å². The van der Waals surface area contributed by atoms with E-state index in [-0.39, 0.29) is 25.6 Å². The summed E-state index contributed by atoms with van der Waals surface area (Å²) >= 11 is 0. The molecule has 0 amide bonds. The van der Waals surface area contributed by atoms with Gasteiger partial charge in [-0.2, -0.15) is 0 Å². The Bertz CT molecular complexity index is 1040. The van der Waals surface area contributed by atoms with E-state index < -0.39 is 33.2 Å². The number of aliphatic hydroxyl groups is 2. The van der Waals surface area contributed by atoms with E-state index in [2.05, 4.69) is 62.5 Å². The van der Waals surface area contributed by atoms with Gasteiger partial charge in [-0.1, -0.05) is 178 Å². The Morgan fingerprint density at radius 1 is 0.552 bits per heavy atom. The van der Waals surface area contributed by atoms with Gasteiger partial charge >= 0.3 is 13.8 Å². The maximum atomic E-state index is 12.7. The summed E-state index contributed by atoms with van der Waals surface area (Å²) in [5, 5.41) is 18.4. The van der Waals surface area contributed by atoms with E-state index in [1.54, 1.807) is 0 Å². The molecule has 0 aromatic rings. The first-order chi connectivity index (χ1) is 28.3. The zero-order chi connectivity index (χ0) is 42.5. The summed E-state index contributed by atoms with van der Waals surface area (Å²) in [4.78, 5) is 22.6. The molecule has 3 N–H and O–H groups in total. The number of allylic oxidation sites excluding steroid dienone is 8. The second-order valence-corrected chi connectivity index (χ2v) is 17.2. The van der Waals surface area contributed by atoms with Crippen LogP contribution in [-0.2, 0) is 27.9 Å². The van der Waals surface area contributed by atoms with Crippen LogP contribution in [0.15, 0.2) is 48.6 Å². The number of phosphoric ester groups is 1. The first-order valence-corrected chi connectivity index (χ1v) is 25.1. The second kappa shape index (κ2) is 45.0. The fourth-order valence-corrected chi connectivity index (χ4v) is 7.21. The molecule has 0 aliphatic carbocycles. The molecular formula is C48H89O9P. The molecule has 0 saturated heterocycles. The molecule has 0 saturated carbocycles. The molecule has 3 atom stereocenters. The minimum atomic E-state index is -4.52. The van der Waals surface area contributed by atoms with Gasteiger partial charge in [-0.3, -0.25) is 13.8 Å². The Balaban J connectivity index is 4.13. The summed E-state index contributed by atoms with van der Waals surface area (Å²) < 4.78 is 33.5. The third-order valence-electron chi connectivity index (χ3n) is 10.00. The quantitative estimate of drug-likeness (QED) is 0.0237. The molecule has 0 radical (unpaired) electrons. The fraction of sp³-hybridized carbons (Fsp3) is 0.812. The summed E-state index contributed by atoms with van der Waals surface area (Å²) in [7, 11) is -4.52. The van der Waals surface area contributed by atoms with Crippen LogP contribution in [0.25, 0.3) is 0 Å². The zero-order valence-corrected chi connectivity index (χ0v) is 38.2. The largest absolute Gasteiger partial charge is 0.472 e. The van der Waals surface area contributed by atoms with Gasteiger partial charge in [-0.05, 0) is 70.6 Å². The predicted octanol–water partition coefficient (Wildman–Crippen LogP) is 13.4. The Hall–Kier alpha value is -1.58. The number of rotatable bonds is 45. The van der Waals surface area contributed by atoms with Crippen molar-refractivity contribution in [3.8, 4) is 0 Å². The van der Waals surface area contributed by atoms with Crippen LogP contribution in [0.4, 0.5) is 0 Å². The third-order valence-corrected chi connectivity index (χ3v) is 10.9. The highest BCUT2D eigenvalue weighted by Gasteiger charge is 2.26. The van der Waals surface area contributed by atoms with Crippen LogP contribution in [0.1, 0.15) is 206 Å². The van der Waals surface area contributed by atoms with E-state index in [4.69, 9.17) is 23.6 Å². The van der Waals surface area contributed by atoms with Crippen LogP contribution < -0.4 is 0 Å². The van der Waals surface area contributed by atoms with Crippen LogP contribution in [0.3, 0.4) is 0 Å². The average molecular weight is 841 g/mol. The van der Waals surface area contributed by atoms with Crippen molar-refractivity contribution in [1.82, 2.24) is 0 Å². The molecule has 0 aliphatic heterocycles. The summed E-state index contributed by atoms with van der Waals surface area (Å²) in [6.07, 6.45) is 50.7. The SMILES string of the molecule is CC/C=C\C/C=C\C/C=C\CCCCCCCCCCOCC(COP(=O)(O)OCC(O)CO)OC(=O)CCCCCCCCCCC/C=C\CCCCCCCC. The van der Waals surface area contributed by atoms with Gasteiger partial charge in [-0.25, -0.2) is 4.57 Å². The smallest absolute Gasteiger partial charge is 0.457 e. The van der Waals surface area contributed by atoms with Crippen LogP contribution in [-0.4, -0.2) is 66.3 Å². The monoisotopic (exact) mass is 841 g/mol. The average Bonchev–Trinajstić information content (AvgIpc) is 3.21. The highest BCUT2D eigenvalue weighted by atomic mass is 31.2. The molecule has 0 fully saturated rings. The summed E-state index contributed by atoms with van der Waals surface area (Å²) in [6, 6.07) is 0. The molecule has 0 rings (SSSR count). The highest BCUT2D eigenvalue weighted by molar-refractivity contribution is 7.47. The molecule has 9 nitrogen and oxygen atoms in total. The number of aliphatic hydroxyl groups excluding tert-OH is 2. The maximum absolute atomic E-state index is 12.7. The van der Waals surface area contributed by atoms with Crippen LogP contribution in [0.5, 0.6) is 0 Å². The lowest BCUT2D eigenvalue weighted by atomic mass is 10.1. The van der Waals surface area contributed by atoms with Gasteiger partial charge < -0.3 is 24.6 Å². The van der Waals surface area contributed by atoms with Gasteiger partial charge in [-0.15, -0.1) is 0 Å². The van der Waals surface area contributed by atoms with Gasteiger partial charge in [0.1, 0.15) is 12.2 Å². The number of hydrogen-bond acceptors (Lipinski definition) is 8. The van der Waals surface area contributed by atoms with Gasteiger partial charge in [0, 0.05) is 13.0 Å². The van der Waals surface area contributed by atoms with Crippen molar-refractivity contribution in [3.05, 3.63) is 48.6 Å². The van der Waals surface area contributed by atoms with Crippen molar-refractivity contribution in [2.45, 2.75) is 219 Å². The number of hydrogen-bond donors (Lipinski definition) is 3. The molecule has 0 heterocycles. The Morgan fingerprint density at radius 2 is 0.983 bits per heavy atom. The summed E-state index contributed by atoms with van der Waals surface area (Å²) in [6.45, 7) is 3.40. The lowest BCUT2D eigenvalue weighted by Gasteiger charge is -2.20. The van der Waals surface area contributed by atoms with E-state index in [9.17, 15) is 19.4 Å². The standard InChI is InChI=1S/C48H89O9P/c1-3-5-7-9-11-13-15-17-19-21-23-24-26-28-30-32-34-36-38-40-48(51)57-47(45-56-58(52,53)55-43-46(50)42-49)44-54-41-39-37-35-33-31-29-27-25-22-20-18-16-14-12-10-8-6-4-2/h6,8,12,14,17-20,46-47,49-50H,3-5,7,9-11,13,15-16,21-45H2,1-2H3,(H,52,53)/b8-6-,14-12-,19-17-,20-18-. The van der Waals surface area contributed by atoms with Gasteiger partial charge in [0.05, 0.1) is 26.4 Å². The predicted molar refractivity (Wildman–Crippen MR) is 242 cm³/mol. The molecule has 0 aromatic carbocycles. The fourth-order valence-electron chi connectivity index (χ4n) is 6.42. The molecule has 10 heteroatoms. The number of phosphoric acid groups is 1. The van der Waals surface area contributed by atoms with E-state index >= 15 is 0 Å². The van der Waals surface area contributed by atoms with Crippen molar-refractivity contribution in [3.63, 3.8) is 0 Å². The molecule has 0 aliphatic rings. The molecular weight excluding hydrogens is 751 g/mol. The van der Waals surface area contributed by atoms with Crippen molar-refractivity contribution in [1.29, 1.82) is 0 Å². The second-order valence-electron chi connectivity index (χ2n) is 15.7. The van der Waals surface area contributed by atoms with E-state index in [0.29, 0.717) is 6.61 Å². The number of carbonyl (C=O) groups is 1. The summed E-state index contributed by atoms with van der Waals surface area (Å²) in [5.41, 5.74) is 0. The molecule has 340 valence electrons. The Labute approximate surface area is 356 Å². The highest BCUT2D eigenvalue weighted by Crippen LogP contribution is 2.43. The van der Waals surface area contributed by atoms with Gasteiger partial charge in [0.2, 0.25) is 0 Å². The first-order valence-electron chi connectivity index (χ1n) is 23.6. The molecule has 0 bridgehead atoms. The first kappa shape index (κ1) is 56.4. The van der Waals surface area contributed by atoms with Crippen LogP contribution in [0.2, 0.25) is 0 Å². The van der Waals surface area contributed by atoms with E-state index in [1.807, 2.05) is 0 Å². The lowest BCUT2D eigenvalue weighted by molar-refractivity contribution is -0.154. The Kier molecular flexibility index (Phi) is 43.7. The molecule has 3 unspecified atom stereocenters. The van der Waals surface area contributed by atoms with Crippen molar-refractivity contribution in [2.75, 3.05) is 33.0 Å². The van der Waals surface area contributed by atoms with E-state index in [0.717, 1.165) is 64.2 Å². The van der Waals surface area contributed by atoms with Crippen molar-refractivity contribution >= 4 is 13.8 Å². The Morgan fingerprint density at radius 3 is 1.50 bits per heavy atom. The van der Waals surface area contributed by atoms with E-state index in [1.165, 1.54) is 122 Å².